The van der Waals surface area contributed by atoms with Crippen LogP contribution in [0.1, 0.15) is 31.9 Å². The third-order valence-electron chi connectivity index (χ3n) is 6.64. The quantitative estimate of drug-likeness (QED) is 0.445. The second-order valence-corrected chi connectivity index (χ2v) is 10.1. The van der Waals surface area contributed by atoms with E-state index in [1.807, 2.05) is 12.3 Å². The largest absolute Gasteiger partial charge is 0.481 e. The zero-order valence-corrected chi connectivity index (χ0v) is 20.5. The molecule has 34 heavy (non-hydrogen) atoms. The van der Waals surface area contributed by atoms with Gasteiger partial charge in [-0.1, -0.05) is 57.2 Å². The molecule has 3 heterocycles. The van der Waals surface area contributed by atoms with Gasteiger partial charge in [0, 0.05) is 50.6 Å². The van der Waals surface area contributed by atoms with Crippen LogP contribution in [0.2, 0.25) is 0 Å². The van der Waals surface area contributed by atoms with Crippen molar-refractivity contribution in [2.24, 2.45) is 0 Å². The number of hydrogen-bond acceptors (Lipinski definition) is 5. The van der Waals surface area contributed by atoms with Gasteiger partial charge in [-0.2, -0.15) is 0 Å². The lowest BCUT2D eigenvalue weighted by atomic mass is 9.87. The van der Waals surface area contributed by atoms with Crippen molar-refractivity contribution in [2.75, 3.05) is 38.2 Å². The lowest BCUT2D eigenvalue weighted by molar-refractivity contribution is 0.249. The third kappa shape index (κ3) is 4.64. The first-order valence-electron chi connectivity index (χ1n) is 12.0. The minimum Gasteiger partial charge on any atom is -0.481 e. The highest BCUT2D eigenvalue weighted by Gasteiger charge is 2.21. The maximum atomic E-state index is 5.17. The Balaban J connectivity index is 1.30. The Bertz CT molecular complexity index is 1250. The van der Waals surface area contributed by atoms with Crippen LogP contribution in [0.5, 0.6) is 5.88 Å². The van der Waals surface area contributed by atoms with Crippen LogP contribution in [-0.4, -0.2) is 53.1 Å². The van der Waals surface area contributed by atoms with Gasteiger partial charge >= 0.3 is 0 Å². The molecule has 0 atom stereocenters. The Morgan fingerprint density at radius 3 is 2.35 bits per heavy atom. The molecule has 1 aliphatic heterocycles. The molecule has 0 spiro atoms. The van der Waals surface area contributed by atoms with E-state index in [4.69, 9.17) is 9.72 Å². The predicted molar refractivity (Wildman–Crippen MR) is 139 cm³/mol. The number of nitrogens with one attached hydrogen (secondary N) is 1. The molecule has 4 aromatic rings. The lowest BCUT2D eigenvalue weighted by Gasteiger charge is -2.36. The van der Waals surface area contributed by atoms with E-state index < -0.39 is 0 Å². The van der Waals surface area contributed by atoms with Crippen molar-refractivity contribution >= 4 is 16.7 Å². The Labute approximate surface area is 201 Å². The van der Waals surface area contributed by atoms with Gasteiger partial charge < -0.3 is 14.6 Å². The molecule has 0 amide bonds. The number of nitrogens with zero attached hydrogens (tertiary/aromatic N) is 4. The summed E-state index contributed by atoms with van der Waals surface area (Å²) in [5, 5.41) is 0. The molecule has 1 fully saturated rings. The summed E-state index contributed by atoms with van der Waals surface area (Å²) in [5.74, 6) is 1.58. The van der Waals surface area contributed by atoms with Crippen molar-refractivity contribution in [2.45, 2.75) is 32.7 Å². The van der Waals surface area contributed by atoms with E-state index in [1.54, 1.807) is 7.11 Å². The van der Waals surface area contributed by atoms with Crippen molar-refractivity contribution in [1.29, 1.82) is 0 Å². The van der Waals surface area contributed by atoms with Crippen LogP contribution in [0.3, 0.4) is 0 Å². The summed E-state index contributed by atoms with van der Waals surface area (Å²) in [5.41, 5.74) is 7.14. The maximum absolute atomic E-state index is 5.17. The van der Waals surface area contributed by atoms with Crippen LogP contribution in [0.15, 0.2) is 60.8 Å². The molecule has 6 nitrogen and oxygen atoms in total. The molecule has 2 aromatic carbocycles. The van der Waals surface area contributed by atoms with Crippen LogP contribution in [0, 0.1) is 0 Å². The number of methoxy groups -OCH3 is 1. The number of ether oxygens (including phenoxy) is 1. The number of para-hydroxylation sites is 1. The summed E-state index contributed by atoms with van der Waals surface area (Å²) in [4.78, 5) is 17.8. The van der Waals surface area contributed by atoms with Gasteiger partial charge in [0.25, 0.3) is 0 Å². The summed E-state index contributed by atoms with van der Waals surface area (Å²) >= 11 is 0. The molecule has 6 heteroatoms. The molecular formula is C28H33N5O. The Kier molecular flexibility index (Phi) is 6.00. The maximum Gasteiger partial charge on any atom is 0.212 e. The van der Waals surface area contributed by atoms with E-state index in [-0.39, 0.29) is 5.41 Å². The molecule has 0 saturated carbocycles. The van der Waals surface area contributed by atoms with Gasteiger partial charge in [-0.3, -0.25) is 4.90 Å². The second kappa shape index (κ2) is 9.11. The number of aromatic nitrogens is 3. The topological polar surface area (TPSA) is 57.3 Å². The Morgan fingerprint density at radius 2 is 1.71 bits per heavy atom. The van der Waals surface area contributed by atoms with E-state index in [9.17, 15) is 0 Å². The monoisotopic (exact) mass is 455 g/mol. The fourth-order valence-corrected chi connectivity index (χ4v) is 4.57. The zero-order chi connectivity index (χ0) is 23.7. The highest BCUT2D eigenvalue weighted by Crippen LogP contribution is 2.30. The number of fused-ring (bicyclic) bond motifs is 1. The number of rotatable bonds is 5. The number of anilines is 1. The molecule has 0 radical (unpaired) electrons. The minimum absolute atomic E-state index is 0.144. The standard InChI is InChI=1S/C28H33N5O/c1-28(2,3)22-11-9-21(10-12-22)27-30-23-6-5-7-24(26(23)31-27)33-16-14-32(15-17-33)19-20-8-13-25(34-4)29-18-20/h5-13,18H,14-17,19H2,1-4H3,(H,30,31). The van der Waals surface area contributed by atoms with E-state index in [2.05, 4.69) is 89.1 Å². The van der Waals surface area contributed by atoms with E-state index in [0.717, 1.165) is 55.1 Å². The van der Waals surface area contributed by atoms with Crippen LogP contribution in [0.25, 0.3) is 22.4 Å². The molecule has 0 aliphatic carbocycles. The van der Waals surface area contributed by atoms with Gasteiger partial charge in [-0.15, -0.1) is 0 Å². The number of pyridine rings is 1. The van der Waals surface area contributed by atoms with Crippen LogP contribution in [-0.2, 0) is 12.0 Å². The number of benzene rings is 2. The first kappa shape index (κ1) is 22.4. The summed E-state index contributed by atoms with van der Waals surface area (Å²) < 4.78 is 5.17. The summed E-state index contributed by atoms with van der Waals surface area (Å²) in [6.45, 7) is 11.6. The minimum atomic E-state index is 0.144. The fourth-order valence-electron chi connectivity index (χ4n) is 4.57. The van der Waals surface area contributed by atoms with Gasteiger partial charge in [0.15, 0.2) is 0 Å². The Morgan fingerprint density at radius 1 is 0.941 bits per heavy atom. The summed E-state index contributed by atoms with van der Waals surface area (Å²) in [7, 11) is 1.65. The van der Waals surface area contributed by atoms with Crippen molar-refractivity contribution in [3.8, 4) is 17.3 Å². The van der Waals surface area contributed by atoms with E-state index in [1.165, 1.54) is 16.8 Å². The number of piperazine rings is 1. The highest BCUT2D eigenvalue weighted by molar-refractivity contribution is 5.91. The Hall–Kier alpha value is -3.38. The molecule has 5 rings (SSSR count). The van der Waals surface area contributed by atoms with Gasteiger partial charge in [0.05, 0.1) is 18.3 Å². The van der Waals surface area contributed by atoms with Gasteiger partial charge in [0.1, 0.15) is 11.3 Å². The van der Waals surface area contributed by atoms with Crippen LogP contribution >= 0.6 is 0 Å². The van der Waals surface area contributed by atoms with Crippen molar-refractivity contribution < 1.29 is 4.74 Å². The molecule has 0 bridgehead atoms. The highest BCUT2D eigenvalue weighted by atomic mass is 16.5. The number of aromatic amines is 1. The summed E-state index contributed by atoms with van der Waals surface area (Å²) in [6, 6.07) is 19.2. The molecule has 1 aliphatic rings. The van der Waals surface area contributed by atoms with E-state index in [0.29, 0.717) is 5.88 Å². The van der Waals surface area contributed by atoms with Gasteiger partial charge in [0.2, 0.25) is 5.88 Å². The SMILES string of the molecule is COc1ccc(CN2CCN(c3cccc4[nH]c(-c5ccc(C(C)(C)C)cc5)nc34)CC2)cn1. The average Bonchev–Trinajstić information content (AvgIpc) is 3.29. The first-order chi connectivity index (χ1) is 16.4. The number of H-pyrrole nitrogens is 1. The fraction of sp³-hybridized carbons (Fsp3) is 0.357. The van der Waals surface area contributed by atoms with Gasteiger partial charge in [-0.25, -0.2) is 9.97 Å². The number of imidazole rings is 1. The summed E-state index contributed by atoms with van der Waals surface area (Å²) in [6.07, 6.45) is 1.91. The third-order valence-corrected chi connectivity index (χ3v) is 6.64. The van der Waals surface area contributed by atoms with Gasteiger partial charge in [-0.05, 0) is 28.7 Å². The van der Waals surface area contributed by atoms with Crippen molar-refractivity contribution in [3.63, 3.8) is 0 Å². The normalized spacial score (nSPS) is 15.1. The molecule has 0 unspecified atom stereocenters. The zero-order valence-electron chi connectivity index (χ0n) is 20.5. The van der Waals surface area contributed by atoms with E-state index >= 15 is 0 Å². The average molecular weight is 456 g/mol. The molecular weight excluding hydrogens is 422 g/mol. The molecule has 2 aromatic heterocycles. The van der Waals surface area contributed by atoms with Crippen molar-refractivity contribution in [1.82, 2.24) is 19.9 Å². The van der Waals surface area contributed by atoms with Crippen molar-refractivity contribution in [3.05, 3.63) is 71.9 Å². The lowest BCUT2D eigenvalue weighted by Crippen LogP contribution is -2.46. The second-order valence-electron chi connectivity index (χ2n) is 10.1. The molecule has 1 N–H and O–H groups in total. The van der Waals surface area contributed by atoms with Crippen LogP contribution in [0.4, 0.5) is 5.69 Å². The van der Waals surface area contributed by atoms with Crippen LogP contribution < -0.4 is 9.64 Å². The molecule has 176 valence electrons. The smallest absolute Gasteiger partial charge is 0.212 e. The number of hydrogen-bond donors (Lipinski definition) is 1. The first-order valence-corrected chi connectivity index (χ1v) is 12.0. The predicted octanol–water partition coefficient (Wildman–Crippen LogP) is 5.25. The molecule has 1 saturated heterocycles.